The third kappa shape index (κ3) is 17.4. The first-order chi connectivity index (χ1) is 19.5. The van der Waals surface area contributed by atoms with Crippen molar-refractivity contribution in [3.05, 3.63) is 41.5 Å². The molecule has 2 aromatic rings. The quantitative estimate of drug-likeness (QED) is 0.0644. The van der Waals surface area contributed by atoms with Gasteiger partial charge in [0.05, 0.1) is 4.90 Å². The van der Waals surface area contributed by atoms with Gasteiger partial charge < -0.3 is 4.55 Å². The molecule has 0 unspecified atom stereocenters. The van der Waals surface area contributed by atoms with Crippen LogP contribution in [0.3, 0.4) is 0 Å². The summed E-state index contributed by atoms with van der Waals surface area (Å²) in [4.78, 5) is -0.0123. The van der Waals surface area contributed by atoms with Gasteiger partial charge in [0.1, 0.15) is 10.1 Å². The van der Waals surface area contributed by atoms with Crippen LogP contribution in [0, 0.1) is 0 Å². The topological polar surface area (TPSA) is 57.2 Å². The number of benzene rings is 2. The van der Waals surface area contributed by atoms with Gasteiger partial charge in [-0.1, -0.05) is 167 Å². The Hall–Kier alpha value is 0.246. The molecular weight excluding hydrogens is 552 g/mol. The summed E-state index contributed by atoms with van der Waals surface area (Å²) in [5.41, 5.74) is 1.98. The van der Waals surface area contributed by atoms with Gasteiger partial charge in [0.25, 0.3) is 0 Å². The minimum absolute atomic E-state index is 0. The van der Waals surface area contributed by atoms with Gasteiger partial charge in [-0.15, -0.1) is 0 Å². The average molecular weight is 611 g/mol. The van der Waals surface area contributed by atoms with Crippen molar-refractivity contribution in [2.45, 2.75) is 173 Å². The van der Waals surface area contributed by atoms with Crippen molar-refractivity contribution < 1.29 is 64.4 Å². The zero-order chi connectivity index (χ0) is 28.9. The zero-order valence-electron chi connectivity index (χ0n) is 27.0. The normalized spacial score (nSPS) is 11.7. The maximum absolute atomic E-state index is 12.3. The Morgan fingerprint density at radius 2 is 0.976 bits per heavy atom. The molecule has 0 bridgehead atoms. The molecule has 228 valence electrons. The van der Waals surface area contributed by atoms with E-state index in [0.29, 0.717) is 5.39 Å². The standard InChI is InChI=1S/C36H60O3S.K/c1-3-5-7-9-11-13-15-17-19-21-23-26-32-30-34-29-25-28-33(36(34)35(31-32)40(37,38)39)27-24-22-20-18-16-14-12-10-8-6-4-2;/h25,28-31H,3-24,26-27H2,1-2H3,(H,37,38,39);/q;+1/p-1. The molecule has 2 aromatic carbocycles. The summed E-state index contributed by atoms with van der Waals surface area (Å²) in [6.07, 6.45) is 30.0. The Kier molecular flexibility index (Phi) is 23.5. The summed E-state index contributed by atoms with van der Waals surface area (Å²) >= 11 is 0. The van der Waals surface area contributed by atoms with E-state index in [1.807, 2.05) is 18.2 Å². The summed E-state index contributed by atoms with van der Waals surface area (Å²) in [6.45, 7) is 4.52. The summed E-state index contributed by atoms with van der Waals surface area (Å²) in [6, 6.07) is 9.79. The minimum Gasteiger partial charge on any atom is -0.744 e. The van der Waals surface area contributed by atoms with Gasteiger partial charge >= 0.3 is 51.4 Å². The second-order valence-corrected chi connectivity index (χ2v) is 13.5. The van der Waals surface area contributed by atoms with Crippen LogP contribution in [0.25, 0.3) is 10.8 Å². The average Bonchev–Trinajstić information content (AvgIpc) is 2.93. The Balaban J connectivity index is 0.00000840. The third-order valence-corrected chi connectivity index (χ3v) is 9.34. The molecule has 0 heterocycles. The van der Waals surface area contributed by atoms with Crippen LogP contribution in [0.1, 0.15) is 166 Å². The number of rotatable bonds is 25. The number of hydrogen-bond acceptors (Lipinski definition) is 3. The second-order valence-electron chi connectivity index (χ2n) is 12.1. The molecule has 2 rings (SSSR count). The van der Waals surface area contributed by atoms with Crippen molar-refractivity contribution in [1.29, 1.82) is 0 Å². The van der Waals surface area contributed by atoms with E-state index in [9.17, 15) is 13.0 Å². The van der Waals surface area contributed by atoms with Gasteiger partial charge in [0, 0.05) is 5.39 Å². The first-order valence-electron chi connectivity index (χ1n) is 17.0. The summed E-state index contributed by atoms with van der Waals surface area (Å²) < 4.78 is 36.9. The SMILES string of the molecule is CCCCCCCCCCCCCc1cc(S(=O)(=O)[O-])c2c(CCCCCCCCCCCCC)cccc2c1.[K+]. The second kappa shape index (κ2) is 24.6. The van der Waals surface area contributed by atoms with E-state index in [2.05, 4.69) is 19.9 Å². The summed E-state index contributed by atoms with van der Waals surface area (Å²) in [7, 11) is -4.53. The van der Waals surface area contributed by atoms with E-state index < -0.39 is 10.1 Å². The molecule has 0 fully saturated rings. The molecule has 0 saturated heterocycles. The number of hydrogen-bond donors (Lipinski definition) is 0. The first-order valence-corrected chi connectivity index (χ1v) is 18.4. The van der Waals surface area contributed by atoms with E-state index in [4.69, 9.17) is 0 Å². The van der Waals surface area contributed by atoms with E-state index in [1.165, 1.54) is 116 Å². The van der Waals surface area contributed by atoms with Crippen LogP contribution in [-0.4, -0.2) is 13.0 Å². The fraction of sp³-hybridized carbons (Fsp3) is 0.722. The van der Waals surface area contributed by atoms with Crippen molar-refractivity contribution in [3.8, 4) is 0 Å². The predicted molar refractivity (Wildman–Crippen MR) is 172 cm³/mol. The van der Waals surface area contributed by atoms with Crippen LogP contribution in [-0.2, 0) is 23.0 Å². The van der Waals surface area contributed by atoms with Gasteiger partial charge in [0.15, 0.2) is 0 Å². The minimum atomic E-state index is -4.53. The number of unbranched alkanes of at least 4 members (excludes halogenated alkanes) is 20. The molecule has 0 aromatic heterocycles. The smallest absolute Gasteiger partial charge is 0.744 e. The molecular formula is C36H59KO3S. The Morgan fingerprint density at radius 1 is 0.561 bits per heavy atom. The van der Waals surface area contributed by atoms with Gasteiger partial charge in [-0.3, -0.25) is 0 Å². The molecule has 0 atom stereocenters. The molecule has 0 amide bonds. The van der Waals surface area contributed by atoms with Gasteiger partial charge in [-0.2, -0.15) is 0 Å². The van der Waals surface area contributed by atoms with Crippen molar-refractivity contribution in [3.63, 3.8) is 0 Å². The van der Waals surface area contributed by atoms with Gasteiger partial charge in [0.2, 0.25) is 0 Å². The van der Waals surface area contributed by atoms with Crippen LogP contribution >= 0.6 is 0 Å². The summed E-state index contributed by atoms with van der Waals surface area (Å²) in [5.74, 6) is 0. The van der Waals surface area contributed by atoms with E-state index in [1.54, 1.807) is 6.07 Å². The van der Waals surface area contributed by atoms with Crippen LogP contribution in [0.2, 0.25) is 0 Å². The van der Waals surface area contributed by atoms with Crippen LogP contribution < -0.4 is 51.4 Å². The largest absolute Gasteiger partial charge is 1.00 e. The van der Waals surface area contributed by atoms with Crippen molar-refractivity contribution >= 4 is 20.9 Å². The maximum atomic E-state index is 12.3. The number of fused-ring (bicyclic) bond motifs is 1. The van der Waals surface area contributed by atoms with Crippen molar-refractivity contribution in [2.75, 3.05) is 0 Å². The Labute approximate surface area is 296 Å². The van der Waals surface area contributed by atoms with Crippen LogP contribution in [0.4, 0.5) is 0 Å². The molecule has 0 spiro atoms. The molecule has 3 nitrogen and oxygen atoms in total. The molecule has 0 radical (unpaired) electrons. The summed E-state index contributed by atoms with van der Waals surface area (Å²) in [5, 5.41) is 1.56. The van der Waals surface area contributed by atoms with Crippen molar-refractivity contribution in [2.24, 2.45) is 0 Å². The first kappa shape index (κ1) is 39.3. The fourth-order valence-corrected chi connectivity index (χ4v) is 6.84. The Bertz CT molecular complexity index is 1030. The molecule has 0 saturated carbocycles. The van der Waals surface area contributed by atoms with E-state index >= 15 is 0 Å². The predicted octanol–water partition coefficient (Wildman–Crippen LogP) is 8.45. The number of aryl methyl sites for hydroxylation is 2. The third-order valence-electron chi connectivity index (χ3n) is 8.47. The van der Waals surface area contributed by atoms with Crippen molar-refractivity contribution in [1.82, 2.24) is 0 Å². The molecule has 0 aliphatic heterocycles. The Morgan fingerprint density at radius 3 is 1.41 bits per heavy atom. The van der Waals surface area contributed by atoms with E-state index in [0.717, 1.165) is 55.0 Å². The monoisotopic (exact) mass is 610 g/mol. The molecule has 0 N–H and O–H groups in total. The zero-order valence-corrected chi connectivity index (χ0v) is 30.9. The molecule has 5 heteroatoms. The maximum Gasteiger partial charge on any atom is 1.00 e. The molecule has 41 heavy (non-hydrogen) atoms. The fourth-order valence-electron chi connectivity index (χ4n) is 6.05. The van der Waals surface area contributed by atoms with E-state index in [-0.39, 0.29) is 56.3 Å². The van der Waals surface area contributed by atoms with Gasteiger partial charge in [-0.25, -0.2) is 8.42 Å². The van der Waals surface area contributed by atoms with Gasteiger partial charge in [-0.05, 0) is 48.3 Å². The van der Waals surface area contributed by atoms with Crippen LogP contribution in [0.5, 0.6) is 0 Å². The van der Waals surface area contributed by atoms with Crippen LogP contribution in [0.15, 0.2) is 35.2 Å². The molecule has 0 aliphatic rings. The molecule has 0 aliphatic carbocycles.